The van der Waals surface area contributed by atoms with Crippen molar-refractivity contribution >= 4 is 28.5 Å². The second-order valence-corrected chi connectivity index (χ2v) is 4.81. The van der Waals surface area contributed by atoms with Crippen molar-refractivity contribution in [3.63, 3.8) is 0 Å². The third-order valence-electron chi connectivity index (χ3n) is 2.15. The minimum atomic E-state index is 0.293. The molecular formula is C11H11ClN4OS. The number of amidine groups is 1. The molecule has 0 fully saturated rings. The summed E-state index contributed by atoms with van der Waals surface area (Å²) in [5.41, 5.74) is 6.38. The fourth-order valence-electron chi connectivity index (χ4n) is 1.30. The van der Waals surface area contributed by atoms with Gasteiger partial charge in [-0.2, -0.15) is 5.10 Å². The van der Waals surface area contributed by atoms with Crippen molar-refractivity contribution in [2.45, 2.75) is 5.75 Å². The first kappa shape index (κ1) is 12.8. The molecule has 1 aromatic heterocycles. The number of nitrogens with zero attached hydrogens (tertiary/aromatic N) is 2. The highest BCUT2D eigenvalue weighted by atomic mass is 35.5. The van der Waals surface area contributed by atoms with Crippen molar-refractivity contribution < 1.29 is 4.42 Å². The van der Waals surface area contributed by atoms with Crippen molar-refractivity contribution in [2.75, 3.05) is 0 Å². The van der Waals surface area contributed by atoms with E-state index in [2.05, 4.69) is 10.1 Å². The number of hydrogen-bond donors (Lipinski definition) is 2. The molecule has 94 valence electrons. The SMILES string of the molecule is NN=C(N)SCc1ncc(-c2ccc(Cl)cc2)o1. The largest absolute Gasteiger partial charge is 0.440 e. The lowest BCUT2D eigenvalue weighted by Crippen LogP contribution is -2.09. The van der Waals surface area contributed by atoms with Gasteiger partial charge in [0.1, 0.15) is 0 Å². The van der Waals surface area contributed by atoms with E-state index < -0.39 is 0 Å². The van der Waals surface area contributed by atoms with Gasteiger partial charge in [-0.15, -0.1) is 0 Å². The predicted molar refractivity (Wildman–Crippen MR) is 74.1 cm³/mol. The van der Waals surface area contributed by atoms with Crippen LogP contribution in [0.4, 0.5) is 0 Å². The Balaban J connectivity index is 2.08. The molecule has 0 aliphatic heterocycles. The quantitative estimate of drug-likeness (QED) is 0.390. The maximum atomic E-state index is 5.82. The minimum Gasteiger partial charge on any atom is -0.440 e. The van der Waals surface area contributed by atoms with Crippen LogP contribution in [0, 0.1) is 0 Å². The maximum absolute atomic E-state index is 5.82. The highest BCUT2D eigenvalue weighted by Gasteiger charge is 2.07. The highest BCUT2D eigenvalue weighted by molar-refractivity contribution is 8.13. The van der Waals surface area contributed by atoms with Crippen LogP contribution in [-0.4, -0.2) is 10.2 Å². The first-order valence-corrected chi connectivity index (χ1v) is 6.42. The van der Waals surface area contributed by atoms with E-state index in [1.165, 1.54) is 11.8 Å². The molecule has 0 radical (unpaired) electrons. The Morgan fingerprint density at radius 1 is 1.39 bits per heavy atom. The molecule has 0 atom stereocenters. The molecule has 0 unspecified atom stereocenters. The van der Waals surface area contributed by atoms with Crippen molar-refractivity contribution in [1.29, 1.82) is 0 Å². The van der Waals surface area contributed by atoms with Crippen LogP contribution in [-0.2, 0) is 5.75 Å². The Bertz CT molecular complexity index is 552. The standard InChI is InChI=1S/C11H11ClN4OS/c12-8-3-1-7(2-4-8)9-5-15-10(17-9)6-18-11(13)16-14/h1-5H,6,14H2,(H2,13,16). The molecule has 4 N–H and O–H groups in total. The predicted octanol–water partition coefficient (Wildman–Crippen LogP) is 2.42. The maximum Gasteiger partial charge on any atom is 0.205 e. The lowest BCUT2D eigenvalue weighted by atomic mass is 10.2. The topological polar surface area (TPSA) is 90.4 Å². The second kappa shape index (κ2) is 5.79. The molecule has 2 aromatic rings. The normalized spacial score (nSPS) is 11.7. The molecular weight excluding hydrogens is 272 g/mol. The number of oxazole rings is 1. The number of rotatable bonds is 3. The van der Waals surface area contributed by atoms with E-state index >= 15 is 0 Å². The van der Waals surface area contributed by atoms with Gasteiger partial charge in [-0.25, -0.2) is 4.98 Å². The third kappa shape index (κ3) is 3.18. The van der Waals surface area contributed by atoms with Crippen LogP contribution in [0.5, 0.6) is 0 Å². The van der Waals surface area contributed by atoms with E-state index in [-0.39, 0.29) is 0 Å². The van der Waals surface area contributed by atoms with Gasteiger partial charge in [0.25, 0.3) is 0 Å². The summed E-state index contributed by atoms with van der Waals surface area (Å²) in [6.07, 6.45) is 1.66. The number of hydrogen-bond acceptors (Lipinski definition) is 5. The Labute approximate surface area is 113 Å². The van der Waals surface area contributed by atoms with E-state index in [9.17, 15) is 0 Å². The average molecular weight is 283 g/mol. The van der Waals surface area contributed by atoms with E-state index in [1.54, 1.807) is 18.3 Å². The van der Waals surface area contributed by atoms with Crippen LogP contribution in [0.2, 0.25) is 5.02 Å². The molecule has 1 aromatic carbocycles. The van der Waals surface area contributed by atoms with Crippen LogP contribution in [0.25, 0.3) is 11.3 Å². The van der Waals surface area contributed by atoms with Gasteiger partial charge >= 0.3 is 0 Å². The van der Waals surface area contributed by atoms with Crippen LogP contribution >= 0.6 is 23.4 Å². The van der Waals surface area contributed by atoms with Gasteiger partial charge in [-0.3, -0.25) is 0 Å². The van der Waals surface area contributed by atoms with Crippen molar-refractivity contribution in [1.82, 2.24) is 4.98 Å². The number of nitrogens with two attached hydrogens (primary N) is 2. The van der Waals surface area contributed by atoms with E-state index in [0.717, 1.165) is 5.56 Å². The molecule has 0 amide bonds. The smallest absolute Gasteiger partial charge is 0.205 e. The van der Waals surface area contributed by atoms with Crippen molar-refractivity contribution in [3.05, 3.63) is 41.4 Å². The summed E-state index contributed by atoms with van der Waals surface area (Å²) >= 11 is 7.08. The molecule has 0 bridgehead atoms. The van der Waals surface area contributed by atoms with Crippen molar-refractivity contribution in [2.24, 2.45) is 16.7 Å². The van der Waals surface area contributed by atoms with E-state index in [1.807, 2.05) is 12.1 Å². The molecule has 7 heteroatoms. The van der Waals surface area contributed by atoms with E-state index in [0.29, 0.717) is 27.6 Å². The average Bonchev–Trinajstić information content (AvgIpc) is 2.85. The summed E-state index contributed by atoms with van der Waals surface area (Å²) < 4.78 is 5.58. The van der Waals surface area contributed by atoms with Gasteiger partial charge in [0, 0.05) is 10.6 Å². The van der Waals surface area contributed by atoms with Gasteiger partial charge in [0.15, 0.2) is 10.9 Å². The third-order valence-corrected chi connectivity index (χ3v) is 3.20. The molecule has 18 heavy (non-hydrogen) atoms. The Kier molecular flexibility index (Phi) is 4.11. The monoisotopic (exact) mass is 282 g/mol. The molecule has 1 heterocycles. The summed E-state index contributed by atoms with van der Waals surface area (Å²) in [6.45, 7) is 0. The summed E-state index contributed by atoms with van der Waals surface area (Å²) in [5.74, 6) is 6.76. The Morgan fingerprint density at radius 2 is 2.11 bits per heavy atom. The summed E-state index contributed by atoms with van der Waals surface area (Å²) in [7, 11) is 0. The molecule has 0 aliphatic carbocycles. The first-order chi connectivity index (χ1) is 8.69. The highest BCUT2D eigenvalue weighted by Crippen LogP contribution is 2.23. The van der Waals surface area contributed by atoms with Gasteiger partial charge in [0.2, 0.25) is 5.89 Å². The number of aromatic nitrogens is 1. The number of benzene rings is 1. The zero-order chi connectivity index (χ0) is 13.0. The summed E-state index contributed by atoms with van der Waals surface area (Å²) in [5, 5.41) is 4.33. The van der Waals surface area contributed by atoms with Crippen LogP contribution in [0.3, 0.4) is 0 Å². The van der Waals surface area contributed by atoms with Gasteiger partial charge < -0.3 is 16.0 Å². The zero-order valence-electron chi connectivity index (χ0n) is 9.34. The van der Waals surface area contributed by atoms with E-state index in [4.69, 9.17) is 27.6 Å². The van der Waals surface area contributed by atoms with Gasteiger partial charge in [-0.05, 0) is 24.3 Å². The molecule has 5 nitrogen and oxygen atoms in total. The number of halogens is 1. The van der Waals surface area contributed by atoms with Crippen molar-refractivity contribution in [3.8, 4) is 11.3 Å². The Hall–Kier alpha value is -1.66. The number of thioether (sulfide) groups is 1. The first-order valence-electron chi connectivity index (χ1n) is 5.06. The molecule has 0 saturated carbocycles. The summed E-state index contributed by atoms with van der Waals surface area (Å²) in [6, 6.07) is 7.34. The fourth-order valence-corrected chi connectivity index (χ4v) is 1.90. The van der Waals surface area contributed by atoms with Crippen LogP contribution < -0.4 is 11.6 Å². The lowest BCUT2D eigenvalue weighted by Gasteiger charge is -1.97. The minimum absolute atomic E-state index is 0.293. The van der Waals surface area contributed by atoms with Crippen LogP contribution in [0.1, 0.15) is 5.89 Å². The fraction of sp³-hybridized carbons (Fsp3) is 0.0909. The molecule has 2 rings (SSSR count). The molecule has 0 aliphatic rings. The molecule has 0 spiro atoms. The van der Waals surface area contributed by atoms with Crippen LogP contribution in [0.15, 0.2) is 40.0 Å². The van der Waals surface area contributed by atoms with Gasteiger partial charge in [0.05, 0.1) is 11.9 Å². The number of hydrazone groups is 1. The molecule has 0 saturated heterocycles. The zero-order valence-corrected chi connectivity index (χ0v) is 10.9. The second-order valence-electron chi connectivity index (χ2n) is 3.38. The Morgan fingerprint density at radius 3 is 2.78 bits per heavy atom. The summed E-state index contributed by atoms with van der Waals surface area (Å²) in [4.78, 5) is 4.15. The van der Waals surface area contributed by atoms with Gasteiger partial charge in [-0.1, -0.05) is 23.4 Å². The lowest BCUT2D eigenvalue weighted by molar-refractivity contribution is 0.530.